The fourth-order valence-corrected chi connectivity index (χ4v) is 4.69. The molecule has 0 spiro atoms. The lowest BCUT2D eigenvalue weighted by atomic mass is 10.2. The SMILES string of the molecule is C[C@H](OC(=O)[C@H]1CCC(=O)N1)C(=O)N1CCN(S(=O)(=O)c2ccccc2)CC1. The number of carbonyl (C=O) groups excluding carboxylic acids is 3. The number of esters is 1. The zero-order valence-corrected chi connectivity index (χ0v) is 16.4. The standard InChI is InChI=1S/C18H23N3O6S/c1-13(27-18(24)15-7-8-16(22)19-15)17(23)20-9-11-21(12-10-20)28(25,26)14-5-3-2-4-6-14/h2-6,13,15H,7-12H2,1H3,(H,19,22)/t13-,15+/m0/s1. The number of sulfonamides is 1. The molecule has 2 aliphatic heterocycles. The largest absolute Gasteiger partial charge is 0.451 e. The van der Waals surface area contributed by atoms with Gasteiger partial charge < -0.3 is 15.0 Å². The van der Waals surface area contributed by atoms with Gasteiger partial charge in [-0.3, -0.25) is 9.59 Å². The van der Waals surface area contributed by atoms with E-state index < -0.39 is 28.1 Å². The molecule has 2 aliphatic rings. The highest BCUT2D eigenvalue weighted by molar-refractivity contribution is 7.89. The average Bonchev–Trinajstić information content (AvgIpc) is 3.14. The van der Waals surface area contributed by atoms with Crippen molar-refractivity contribution >= 4 is 27.8 Å². The number of nitrogens with one attached hydrogen (secondary N) is 1. The number of ether oxygens (including phenoxy) is 1. The Morgan fingerprint density at radius 3 is 2.36 bits per heavy atom. The third-order valence-corrected chi connectivity index (χ3v) is 6.76. The van der Waals surface area contributed by atoms with Crippen LogP contribution in [0.15, 0.2) is 35.2 Å². The summed E-state index contributed by atoms with van der Waals surface area (Å²) in [6, 6.07) is 7.43. The molecule has 0 bridgehead atoms. The minimum Gasteiger partial charge on any atom is -0.451 e. The zero-order chi connectivity index (χ0) is 20.3. The first-order valence-electron chi connectivity index (χ1n) is 9.13. The summed E-state index contributed by atoms with van der Waals surface area (Å²) in [6.07, 6.45) is -0.378. The predicted octanol–water partition coefficient (Wildman–Crippen LogP) is -0.270. The summed E-state index contributed by atoms with van der Waals surface area (Å²) in [7, 11) is -3.60. The van der Waals surface area contributed by atoms with Crippen LogP contribution in [-0.2, 0) is 29.1 Å². The molecular weight excluding hydrogens is 386 g/mol. The van der Waals surface area contributed by atoms with Crippen molar-refractivity contribution in [3.05, 3.63) is 30.3 Å². The molecule has 2 fully saturated rings. The number of rotatable bonds is 5. The lowest BCUT2D eigenvalue weighted by molar-refractivity contribution is -0.161. The van der Waals surface area contributed by atoms with Gasteiger partial charge in [0.1, 0.15) is 6.04 Å². The molecule has 0 radical (unpaired) electrons. The first-order chi connectivity index (χ1) is 13.3. The van der Waals surface area contributed by atoms with Crippen LogP contribution in [0.3, 0.4) is 0 Å². The molecule has 152 valence electrons. The van der Waals surface area contributed by atoms with Gasteiger partial charge >= 0.3 is 5.97 Å². The Hall–Kier alpha value is -2.46. The minimum atomic E-state index is -3.60. The normalized spacial score (nSPS) is 21.8. The highest BCUT2D eigenvalue weighted by Crippen LogP contribution is 2.18. The lowest BCUT2D eigenvalue weighted by Crippen LogP contribution is -2.53. The predicted molar refractivity (Wildman–Crippen MR) is 98.5 cm³/mol. The molecule has 2 saturated heterocycles. The van der Waals surface area contributed by atoms with Crippen molar-refractivity contribution in [2.24, 2.45) is 0 Å². The van der Waals surface area contributed by atoms with Crippen LogP contribution in [0.25, 0.3) is 0 Å². The average molecular weight is 409 g/mol. The molecule has 28 heavy (non-hydrogen) atoms. The molecule has 0 aliphatic carbocycles. The number of hydrogen-bond donors (Lipinski definition) is 1. The lowest BCUT2D eigenvalue weighted by Gasteiger charge is -2.35. The number of amides is 2. The van der Waals surface area contributed by atoms with Crippen LogP contribution in [0.4, 0.5) is 0 Å². The summed E-state index contributed by atoms with van der Waals surface area (Å²) >= 11 is 0. The van der Waals surface area contributed by atoms with Gasteiger partial charge in [-0.25, -0.2) is 13.2 Å². The quantitative estimate of drug-likeness (QED) is 0.670. The zero-order valence-electron chi connectivity index (χ0n) is 15.5. The Kier molecular flexibility index (Phi) is 5.99. The molecular formula is C18H23N3O6S. The molecule has 0 aromatic heterocycles. The van der Waals surface area contributed by atoms with E-state index in [4.69, 9.17) is 4.74 Å². The van der Waals surface area contributed by atoms with Crippen LogP contribution in [0.1, 0.15) is 19.8 Å². The van der Waals surface area contributed by atoms with Crippen molar-refractivity contribution in [2.45, 2.75) is 36.8 Å². The van der Waals surface area contributed by atoms with Crippen LogP contribution < -0.4 is 5.32 Å². The van der Waals surface area contributed by atoms with E-state index in [1.54, 1.807) is 18.2 Å². The highest BCUT2D eigenvalue weighted by Gasteiger charge is 2.34. The molecule has 1 aromatic rings. The topological polar surface area (TPSA) is 113 Å². The van der Waals surface area contributed by atoms with Crippen molar-refractivity contribution in [1.82, 2.24) is 14.5 Å². The van der Waals surface area contributed by atoms with E-state index in [-0.39, 0.29) is 49.3 Å². The number of benzene rings is 1. The van der Waals surface area contributed by atoms with Gasteiger partial charge in [0.25, 0.3) is 5.91 Å². The molecule has 9 nitrogen and oxygen atoms in total. The van der Waals surface area contributed by atoms with Crippen molar-refractivity contribution < 1.29 is 27.5 Å². The van der Waals surface area contributed by atoms with Crippen molar-refractivity contribution in [3.8, 4) is 0 Å². The molecule has 2 atom stereocenters. The Morgan fingerprint density at radius 1 is 1.14 bits per heavy atom. The second-order valence-corrected chi connectivity index (χ2v) is 8.72. The summed E-state index contributed by atoms with van der Waals surface area (Å²) in [4.78, 5) is 37.5. The Morgan fingerprint density at radius 2 is 1.79 bits per heavy atom. The van der Waals surface area contributed by atoms with E-state index >= 15 is 0 Å². The fraction of sp³-hybridized carbons (Fsp3) is 0.500. The summed E-state index contributed by atoms with van der Waals surface area (Å²) in [5.41, 5.74) is 0. The summed E-state index contributed by atoms with van der Waals surface area (Å²) in [5, 5.41) is 2.50. The Labute approximate surface area is 163 Å². The molecule has 0 unspecified atom stereocenters. The van der Waals surface area contributed by atoms with Gasteiger partial charge in [0.15, 0.2) is 6.10 Å². The van der Waals surface area contributed by atoms with Crippen molar-refractivity contribution in [2.75, 3.05) is 26.2 Å². The number of hydrogen-bond acceptors (Lipinski definition) is 6. The molecule has 1 aromatic carbocycles. The third-order valence-electron chi connectivity index (χ3n) is 4.85. The van der Waals surface area contributed by atoms with Crippen LogP contribution in [0, 0.1) is 0 Å². The molecule has 2 amide bonds. The van der Waals surface area contributed by atoms with E-state index in [9.17, 15) is 22.8 Å². The van der Waals surface area contributed by atoms with E-state index in [0.717, 1.165) is 0 Å². The first-order valence-corrected chi connectivity index (χ1v) is 10.6. The van der Waals surface area contributed by atoms with E-state index in [0.29, 0.717) is 6.42 Å². The van der Waals surface area contributed by atoms with Gasteiger partial charge in [-0.2, -0.15) is 4.31 Å². The summed E-state index contributed by atoms with van der Waals surface area (Å²) in [6.45, 7) is 2.24. The van der Waals surface area contributed by atoms with Gasteiger partial charge in [-0.1, -0.05) is 18.2 Å². The molecule has 1 N–H and O–H groups in total. The van der Waals surface area contributed by atoms with Crippen LogP contribution >= 0.6 is 0 Å². The molecule has 2 heterocycles. The van der Waals surface area contributed by atoms with Gasteiger partial charge in [0, 0.05) is 32.6 Å². The smallest absolute Gasteiger partial charge is 0.329 e. The number of nitrogens with zero attached hydrogens (tertiary/aromatic N) is 2. The van der Waals surface area contributed by atoms with E-state index in [1.165, 1.54) is 28.3 Å². The minimum absolute atomic E-state index is 0.169. The molecule has 10 heteroatoms. The van der Waals surface area contributed by atoms with Crippen LogP contribution in [-0.4, -0.2) is 73.7 Å². The maximum absolute atomic E-state index is 12.6. The Balaban J connectivity index is 1.53. The van der Waals surface area contributed by atoms with Gasteiger partial charge in [-0.05, 0) is 25.5 Å². The van der Waals surface area contributed by atoms with Crippen LogP contribution in [0.5, 0.6) is 0 Å². The van der Waals surface area contributed by atoms with Crippen LogP contribution in [0.2, 0.25) is 0 Å². The third kappa shape index (κ3) is 4.33. The van der Waals surface area contributed by atoms with Crippen molar-refractivity contribution in [3.63, 3.8) is 0 Å². The molecule has 3 rings (SSSR count). The summed E-state index contributed by atoms with van der Waals surface area (Å²) in [5.74, 6) is -1.22. The van der Waals surface area contributed by atoms with Gasteiger partial charge in [0.2, 0.25) is 15.9 Å². The second kappa shape index (κ2) is 8.27. The Bertz CT molecular complexity index is 849. The van der Waals surface area contributed by atoms with E-state index in [2.05, 4.69) is 5.32 Å². The maximum Gasteiger partial charge on any atom is 0.329 e. The second-order valence-electron chi connectivity index (χ2n) is 6.78. The number of carbonyl (C=O) groups is 3. The monoisotopic (exact) mass is 409 g/mol. The van der Waals surface area contributed by atoms with Gasteiger partial charge in [-0.15, -0.1) is 0 Å². The van der Waals surface area contributed by atoms with E-state index in [1.807, 2.05) is 0 Å². The fourth-order valence-electron chi connectivity index (χ4n) is 3.25. The number of piperazine rings is 1. The first kappa shape index (κ1) is 20.3. The van der Waals surface area contributed by atoms with Gasteiger partial charge in [0.05, 0.1) is 4.90 Å². The maximum atomic E-state index is 12.6. The molecule has 0 saturated carbocycles. The summed E-state index contributed by atoms with van der Waals surface area (Å²) < 4.78 is 31.8. The highest BCUT2D eigenvalue weighted by atomic mass is 32.2. The van der Waals surface area contributed by atoms with Crippen molar-refractivity contribution in [1.29, 1.82) is 0 Å².